The molecule has 1 saturated heterocycles. The second kappa shape index (κ2) is 5.59. The van der Waals surface area contributed by atoms with Gasteiger partial charge in [0.2, 0.25) is 5.91 Å². The maximum absolute atomic E-state index is 12.2. The first-order valence-electron chi connectivity index (χ1n) is 7.24. The molecule has 1 aromatic heterocycles. The van der Waals surface area contributed by atoms with Gasteiger partial charge in [-0.25, -0.2) is 4.98 Å². The summed E-state index contributed by atoms with van der Waals surface area (Å²) in [6.07, 6.45) is 5.42. The summed E-state index contributed by atoms with van der Waals surface area (Å²) in [5, 5.41) is 6.45. The number of aromatic nitrogens is 1. The minimum atomic E-state index is 0.0624. The van der Waals surface area contributed by atoms with Crippen LogP contribution >= 0.6 is 11.3 Å². The highest BCUT2D eigenvalue weighted by Crippen LogP contribution is 2.24. The van der Waals surface area contributed by atoms with Crippen LogP contribution in [0.2, 0.25) is 0 Å². The quantitative estimate of drug-likeness (QED) is 0.896. The fourth-order valence-corrected chi connectivity index (χ4v) is 3.37. The molecular weight excluding hydrogens is 258 g/mol. The molecular formula is C14H21N3OS. The number of rotatable bonds is 5. The lowest BCUT2D eigenvalue weighted by molar-refractivity contribution is -0.125. The van der Waals surface area contributed by atoms with E-state index in [0.29, 0.717) is 6.04 Å². The lowest BCUT2D eigenvalue weighted by Crippen LogP contribution is -2.43. The first kappa shape index (κ1) is 13.1. The minimum absolute atomic E-state index is 0.0624. The lowest BCUT2D eigenvalue weighted by Gasteiger charge is -2.22. The molecule has 3 rings (SSSR count). The van der Waals surface area contributed by atoms with E-state index in [1.165, 1.54) is 5.01 Å². The van der Waals surface area contributed by atoms with Gasteiger partial charge in [-0.2, -0.15) is 0 Å². The van der Waals surface area contributed by atoms with Gasteiger partial charge in [-0.15, -0.1) is 11.3 Å². The molecule has 1 N–H and O–H groups in total. The number of aryl methyl sites for hydroxylation is 1. The molecule has 0 bridgehead atoms. The van der Waals surface area contributed by atoms with Gasteiger partial charge in [0.05, 0.1) is 16.7 Å². The third-order valence-electron chi connectivity index (χ3n) is 3.86. The monoisotopic (exact) mass is 279 g/mol. The van der Waals surface area contributed by atoms with E-state index in [4.69, 9.17) is 0 Å². The Bertz CT molecular complexity index is 455. The maximum Gasteiger partial charge on any atom is 0.237 e. The molecule has 2 heterocycles. The van der Waals surface area contributed by atoms with Gasteiger partial charge in [0.1, 0.15) is 0 Å². The number of likely N-dealkylation sites (tertiary alicyclic amines) is 1. The number of hydrogen-bond acceptors (Lipinski definition) is 4. The van der Waals surface area contributed by atoms with Crippen molar-refractivity contribution in [1.82, 2.24) is 15.2 Å². The summed E-state index contributed by atoms with van der Waals surface area (Å²) in [7, 11) is 0. The lowest BCUT2D eigenvalue weighted by atomic mass is 10.2. The van der Waals surface area contributed by atoms with Gasteiger partial charge in [0.25, 0.3) is 0 Å². The van der Waals surface area contributed by atoms with Crippen LogP contribution in [0.4, 0.5) is 0 Å². The summed E-state index contributed by atoms with van der Waals surface area (Å²) in [6.45, 7) is 3.96. The number of thiazole rings is 1. The minimum Gasteiger partial charge on any atom is -0.352 e. The van der Waals surface area contributed by atoms with Crippen molar-refractivity contribution in [3.63, 3.8) is 0 Å². The molecule has 1 aromatic rings. The van der Waals surface area contributed by atoms with Crippen LogP contribution in [0.5, 0.6) is 0 Å². The number of carbonyl (C=O) groups excluding carboxylic acids is 1. The number of hydrogen-bond donors (Lipinski definition) is 1. The van der Waals surface area contributed by atoms with E-state index in [-0.39, 0.29) is 11.9 Å². The van der Waals surface area contributed by atoms with E-state index in [0.717, 1.165) is 50.9 Å². The van der Waals surface area contributed by atoms with E-state index in [1.807, 2.05) is 0 Å². The largest absolute Gasteiger partial charge is 0.352 e. The molecule has 19 heavy (non-hydrogen) atoms. The fourth-order valence-electron chi connectivity index (χ4n) is 2.63. The van der Waals surface area contributed by atoms with Crippen LogP contribution in [0.1, 0.15) is 43.3 Å². The first-order valence-corrected chi connectivity index (χ1v) is 8.12. The first-order chi connectivity index (χ1) is 9.26. The van der Waals surface area contributed by atoms with Crippen molar-refractivity contribution in [1.29, 1.82) is 0 Å². The van der Waals surface area contributed by atoms with E-state index < -0.39 is 0 Å². The van der Waals surface area contributed by atoms with Crippen LogP contribution < -0.4 is 5.32 Å². The summed E-state index contributed by atoms with van der Waals surface area (Å²) in [5.41, 5.74) is 1.12. The SMILES string of the molecule is CCc1nc(CN2CCC[C@@H]2C(=O)NC2CC2)cs1. The van der Waals surface area contributed by atoms with Gasteiger partial charge in [-0.05, 0) is 38.6 Å². The standard InChI is InChI=1S/C14H21N3OS/c1-2-13-15-11(9-19-13)8-17-7-3-4-12(17)14(18)16-10-5-6-10/h9-10,12H,2-8H2,1H3,(H,16,18)/t12-/m1/s1. The highest BCUT2D eigenvalue weighted by atomic mass is 32.1. The van der Waals surface area contributed by atoms with Crippen molar-refractivity contribution >= 4 is 17.2 Å². The predicted molar refractivity (Wildman–Crippen MR) is 76.1 cm³/mol. The molecule has 1 atom stereocenters. The molecule has 0 radical (unpaired) electrons. The summed E-state index contributed by atoms with van der Waals surface area (Å²) in [6, 6.07) is 0.522. The Labute approximate surface area is 118 Å². The molecule has 2 aliphatic rings. The number of carbonyl (C=O) groups is 1. The summed E-state index contributed by atoms with van der Waals surface area (Å²) in [5.74, 6) is 0.228. The molecule has 2 fully saturated rings. The Morgan fingerprint density at radius 1 is 1.53 bits per heavy atom. The molecule has 104 valence electrons. The van der Waals surface area contributed by atoms with Crippen LogP contribution in [0.3, 0.4) is 0 Å². The third kappa shape index (κ3) is 3.15. The Morgan fingerprint density at radius 3 is 3.05 bits per heavy atom. The third-order valence-corrected chi connectivity index (χ3v) is 4.90. The molecule has 4 nitrogen and oxygen atoms in total. The van der Waals surface area contributed by atoms with Gasteiger partial charge in [-0.3, -0.25) is 9.69 Å². The topological polar surface area (TPSA) is 45.2 Å². The summed E-state index contributed by atoms with van der Waals surface area (Å²) >= 11 is 1.72. The van der Waals surface area contributed by atoms with Crippen molar-refractivity contribution in [2.45, 2.75) is 57.7 Å². The molecule has 1 saturated carbocycles. The Morgan fingerprint density at radius 2 is 2.37 bits per heavy atom. The van der Waals surface area contributed by atoms with Gasteiger partial charge in [0.15, 0.2) is 0 Å². The van der Waals surface area contributed by atoms with Crippen LogP contribution in [0.25, 0.3) is 0 Å². The Kier molecular flexibility index (Phi) is 3.84. The van der Waals surface area contributed by atoms with Crippen LogP contribution in [-0.2, 0) is 17.8 Å². The molecule has 0 unspecified atom stereocenters. The molecule has 5 heteroatoms. The second-order valence-electron chi connectivity index (χ2n) is 5.50. The molecule has 1 aliphatic heterocycles. The molecule has 0 aromatic carbocycles. The van der Waals surface area contributed by atoms with E-state index in [9.17, 15) is 4.79 Å². The summed E-state index contributed by atoms with van der Waals surface area (Å²) in [4.78, 5) is 19.1. The highest BCUT2D eigenvalue weighted by Gasteiger charge is 2.34. The number of nitrogens with zero attached hydrogens (tertiary/aromatic N) is 2. The average molecular weight is 279 g/mol. The molecule has 1 aliphatic carbocycles. The van der Waals surface area contributed by atoms with Crippen molar-refractivity contribution < 1.29 is 4.79 Å². The Hall–Kier alpha value is -0.940. The molecule has 1 amide bonds. The highest BCUT2D eigenvalue weighted by molar-refractivity contribution is 7.09. The number of amides is 1. The zero-order chi connectivity index (χ0) is 13.2. The van der Waals surface area contributed by atoms with Crippen LogP contribution in [0.15, 0.2) is 5.38 Å². The fraction of sp³-hybridized carbons (Fsp3) is 0.714. The van der Waals surface area contributed by atoms with Gasteiger partial charge in [0, 0.05) is 18.0 Å². The normalized spacial score (nSPS) is 23.7. The molecule has 0 spiro atoms. The van der Waals surface area contributed by atoms with Gasteiger partial charge in [-0.1, -0.05) is 6.92 Å². The number of nitrogens with one attached hydrogen (secondary N) is 1. The predicted octanol–water partition coefficient (Wildman–Crippen LogP) is 1.95. The summed E-state index contributed by atoms with van der Waals surface area (Å²) < 4.78 is 0. The van der Waals surface area contributed by atoms with Crippen molar-refractivity contribution in [3.8, 4) is 0 Å². The van der Waals surface area contributed by atoms with Crippen LogP contribution in [0, 0.1) is 0 Å². The Balaban J connectivity index is 1.60. The van der Waals surface area contributed by atoms with E-state index in [1.54, 1.807) is 11.3 Å². The maximum atomic E-state index is 12.2. The van der Waals surface area contributed by atoms with Crippen molar-refractivity contribution in [2.75, 3.05) is 6.54 Å². The van der Waals surface area contributed by atoms with Crippen molar-refractivity contribution in [2.24, 2.45) is 0 Å². The second-order valence-corrected chi connectivity index (χ2v) is 6.44. The average Bonchev–Trinajstić information content (AvgIpc) is 2.94. The van der Waals surface area contributed by atoms with E-state index >= 15 is 0 Å². The zero-order valence-corrected chi connectivity index (χ0v) is 12.2. The van der Waals surface area contributed by atoms with Crippen LogP contribution in [-0.4, -0.2) is 34.4 Å². The van der Waals surface area contributed by atoms with Gasteiger partial charge >= 0.3 is 0 Å². The van der Waals surface area contributed by atoms with E-state index in [2.05, 4.69) is 27.5 Å². The van der Waals surface area contributed by atoms with Crippen molar-refractivity contribution in [3.05, 3.63) is 16.1 Å². The smallest absolute Gasteiger partial charge is 0.237 e. The van der Waals surface area contributed by atoms with Gasteiger partial charge < -0.3 is 5.32 Å². The zero-order valence-electron chi connectivity index (χ0n) is 11.4.